The third-order valence-corrected chi connectivity index (χ3v) is 11.4. The number of hydrogen-bond donors (Lipinski definition) is 1. The van der Waals surface area contributed by atoms with Gasteiger partial charge in [-0.1, -0.05) is 36.9 Å². The van der Waals surface area contributed by atoms with E-state index in [1.807, 2.05) is 42.5 Å². The van der Waals surface area contributed by atoms with Crippen molar-refractivity contribution in [1.29, 1.82) is 10.5 Å². The smallest absolute Gasteiger partial charge is 0.352 e. The number of carboxylic acid groups (broad SMARTS) is 1. The van der Waals surface area contributed by atoms with Crippen LogP contribution in [0.2, 0.25) is 0 Å². The fourth-order valence-corrected chi connectivity index (χ4v) is 8.69. The minimum Gasteiger partial charge on any atom is -0.477 e. The van der Waals surface area contributed by atoms with Crippen molar-refractivity contribution in [2.24, 2.45) is 0 Å². The standard InChI is InChI=1S/C22H23N3O3S.C19H19N3O3S/c1-3-13-28-22(27)18(15-23)21-25(4-2)20(26)19(29-21)14-16-7-9-17(10-8-16)24-11-5-6-12-24;1-2-22-17(23)16(26-18(22)15(12-20)19(24)25)11-13-5-7-14(8-6-13)21-9-3-4-10-21/h3,7-10,14H,1,4-6,11-13H2,2H3;5-8,11H,2-4,9-10H2,1H3,(H,24,25)/b19-14?,21-18-;16-11?,18-15-. The Bertz CT molecular complexity index is 2500. The zero-order chi connectivity index (χ0) is 39.5. The Hall–Kier alpha value is -5.96. The summed E-state index contributed by atoms with van der Waals surface area (Å²) in [6.07, 6.45) is 9.82. The Kier molecular flexibility index (Phi) is 13.8. The molecule has 55 heavy (non-hydrogen) atoms. The molecule has 0 amide bonds. The number of nitrogens with zero attached hydrogens (tertiary/aromatic N) is 6. The summed E-state index contributed by atoms with van der Waals surface area (Å²) in [5, 5.41) is 27.7. The van der Waals surface area contributed by atoms with Gasteiger partial charge < -0.3 is 19.6 Å². The summed E-state index contributed by atoms with van der Waals surface area (Å²) in [6.45, 7) is 12.0. The fraction of sp³-hybridized carbons (Fsp3) is 0.317. The SMILES string of the molecule is C=CCOC(=O)/C(C#N)=c1\sc(=Cc2ccc(N3CCCC3)cc2)c(=O)n1CC.CCn1c(=O)c(=Cc2ccc(N3CCCC3)cc2)s/c1=C(/C#N)C(=O)O. The molecule has 284 valence electrons. The minimum absolute atomic E-state index is 0.00803. The number of aromatic nitrogens is 2. The number of rotatable bonds is 10. The minimum atomic E-state index is -1.32. The number of benzene rings is 2. The van der Waals surface area contributed by atoms with Crippen LogP contribution in [0, 0.1) is 22.7 Å². The van der Waals surface area contributed by atoms with E-state index in [0.717, 1.165) is 60.0 Å². The van der Waals surface area contributed by atoms with Gasteiger partial charge in [0.1, 0.15) is 28.1 Å². The average Bonchev–Trinajstić information content (AvgIpc) is 4.02. The second kappa shape index (κ2) is 18.9. The second-order valence-corrected chi connectivity index (χ2v) is 14.7. The van der Waals surface area contributed by atoms with Gasteiger partial charge in [-0.2, -0.15) is 10.5 Å². The zero-order valence-corrected chi connectivity index (χ0v) is 32.5. The third-order valence-electron chi connectivity index (χ3n) is 9.17. The first-order valence-corrected chi connectivity index (χ1v) is 19.7. The van der Waals surface area contributed by atoms with E-state index in [4.69, 9.17) is 10.00 Å². The highest BCUT2D eigenvalue weighted by Gasteiger charge is 2.18. The molecule has 0 unspecified atom stereocenters. The van der Waals surface area contributed by atoms with Crippen LogP contribution in [0.3, 0.4) is 0 Å². The van der Waals surface area contributed by atoms with Gasteiger partial charge in [-0.25, -0.2) is 9.59 Å². The van der Waals surface area contributed by atoms with Crippen LogP contribution in [-0.2, 0) is 27.4 Å². The number of carbonyl (C=O) groups is 2. The van der Waals surface area contributed by atoms with Crippen LogP contribution < -0.4 is 39.3 Å². The summed E-state index contributed by atoms with van der Waals surface area (Å²) >= 11 is 2.17. The van der Waals surface area contributed by atoms with Gasteiger partial charge in [0.2, 0.25) is 0 Å². The number of carboxylic acids is 1. The molecule has 14 heteroatoms. The molecule has 0 bridgehead atoms. The summed E-state index contributed by atoms with van der Waals surface area (Å²) in [4.78, 5) is 53.5. The predicted octanol–water partition coefficient (Wildman–Crippen LogP) is 2.88. The van der Waals surface area contributed by atoms with E-state index in [9.17, 15) is 29.5 Å². The third kappa shape index (κ3) is 9.41. The summed E-state index contributed by atoms with van der Waals surface area (Å²) in [5.74, 6) is -2.07. The Morgan fingerprint density at radius 2 is 1.15 bits per heavy atom. The first kappa shape index (κ1) is 40.2. The molecule has 2 aromatic carbocycles. The fourth-order valence-electron chi connectivity index (χ4n) is 6.38. The summed E-state index contributed by atoms with van der Waals surface area (Å²) in [5.41, 5.74) is 3.05. The number of ether oxygens (including phenoxy) is 1. The maximum absolute atomic E-state index is 12.8. The summed E-state index contributed by atoms with van der Waals surface area (Å²) in [7, 11) is 0. The largest absolute Gasteiger partial charge is 0.477 e. The summed E-state index contributed by atoms with van der Waals surface area (Å²) < 4.78 is 9.15. The van der Waals surface area contributed by atoms with Crippen molar-refractivity contribution in [3.05, 3.63) is 111 Å². The lowest BCUT2D eigenvalue weighted by Gasteiger charge is -2.17. The number of thiazole rings is 2. The molecule has 0 aliphatic carbocycles. The van der Waals surface area contributed by atoms with Gasteiger partial charge in [-0.3, -0.25) is 18.7 Å². The molecule has 6 rings (SSSR count). The Morgan fingerprint density at radius 3 is 1.49 bits per heavy atom. The van der Waals surface area contributed by atoms with Crippen molar-refractivity contribution in [2.45, 2.75) is 52.6 Å². The zero-order valence-electron chi connectivity index (χ0n) is 30.8. The molecule has 0 atom stereocenters. The average molecular weight is 779 g/mol. The van der Waals surface area contributed by atoms with Crippen LogP contribution in [0.1, 0.15) is 50.7 Å². The lowest BCUT2D eigenvalue weighted by molar-refractivity contribution is -0.135. The van der Waals surface area contributed by atoms with E-state index < -0.39 is 17.5 Å². The van der Waals surface area contributed by atoms with E-state index >= 15 is 0 Å². The molecular weight excluding hydrogens is 737 g/mol. The second-order valence-electron chi connectivity index (χ2n) is 12.7. The predicted molar refractivity (Wildman–Crippen MR) is 217 cm³/mol. The first-order chi connectivity index (χ1) is 26.6. The molecule has 0 radical (unpaired) electrons. The van der Waals surface area contributed by atoms with E-state index in [2.05, 4.69) is 28.5 Å². The molecule has 0 saturated carbocycles. The Balaban J connectivity index is 0.000000212. The molecule has 2 aliphatic rings. The highest BCUT2D eigenvalue weighted by Crippen LogP contribution is 2.21. The van der Waals surface area contributed by atoms with E-state index in [1.165, 1.54) is 52.3 Å². The summed E-state index contributed by atoms with van der Waals surface area (Å²) in [6, 6.07) is 19.6. The van der Waals surface area contributed by atoms with Crippen molar-refractivity contribution in [2.75, 3.05) is 42.6 Å². The van der Waals surface area contributed by atoms with Crippen LogP contribution >= 0.6 is 22.7 Å². The normalized spacial score (nSPS) is 15.5. The molecule has 12 nitrogen and oxygen atoms in total. The van der Waals surface area contributed by atoms with Crippen molar-refractivity contribution in [3.63, 3.8) is 0 Å². The van der Waals surface area contributed by atoms with Crippen LogP contribution in [0.25, 0.3) is 23.3 Å². The molecule has 0 spiro atoms. The van der Waals surface area contributed by atoms with Crippen molar-refractivity contribution >= 4 is 69.3 Å². The molecule has 4 aromatic rings. The monoisotopic (exact) mass is 778 g/mol. The maximum Gasteiger partial charge on any atom is 0.352 e. The van der Waals surface area contributed by atoms with Gasteiger partial charge in [-0.05, 0) is 87.1 Å². The van der Waals surface area contributed by atoms with Gasteiger partial charge in [0.25, 0.3) is 11.1 Å². The quantitative estimate of drug-likeness (QED) is 0.187. The molecule has 2 aromatic heterocycles. The number of aliphatic carboxylic acids is 1. The molecule has 1 N–H and O–H groups in total. The van der Waals surface area contributed by atoms with Crippen LogP contribution in [0.15, 0.2) is 70.8 Å². The van der Waals surface area contributed by atoms with Gasteiger partial charge in [-0.15, -0.1) is 22.7 Å². The highest BCUT2D eigenvalue weighted by molar-refractivity contribution is 7.08. The van der Waals surface area contributed by atoms with Crippen molar-refractivity contribution < 1.29 is 19.4 Å². The Morgan fingerprint density at radius 1 is 0.745 bits per heavy atom. The number of hydrogen-bond acceptors (Lipinski definition) is 11. The van der Waals surface area contributed by atoms with E-state index in [1.54, 1.807) is 32.1 Å². The van der Waals surface area contributed by atoms with E-state index in [-0.39, 0.29) is 28.0 Å². The van der Waals surface area contributed by atoms with E-state index in [0.29, 0.717) is 26.8 Å². The van der Waals surface area contributed by atoms with Gasteiger partial charge in [0.05, 0.1) is 9.06 Å². The first-order valence-electron chi connectivity index (χ1n) is 18.1. The molecule has 2 aliphatic heterocycles. The lowest BCUT2D eigenvalue weighted by Crippen LogP contribution is -2.32. The van der Waals surface area contributed by atoms with Gasteiger partial charge in [0.15, 0.2) is 11.1 Å². The Labute approximate surface area is 326 Å². The molecule has 2 saturated heterocycles. The van der Waals surface area contributed by atoms with Gasteiger partial charge in [0, 0.05) is 50.6 Å². The maximum atomic E-state index is 12.8. The molecular formula is C41H42N6O6S2. The van der Waals surface area contributed by atoms with Crippen LogP contribution in [0.5, 0.6) is 0 Å². The van der Waals surface area contributed by atoms with Crippen LogP contribution in [-0.4, -0.2) is 59.0 Å². The topological polar surface area (TPSA) is 162 Å². The van der Waals surface area contributed by atoms with Gasteiger partial charge >= 0.3 is 11.9 Å². The molecule has 4 heterocycles. The van der Waals surface area contributed by atoms with Crippen molar-refractivity contribution in [1.82, 2.24) is 9.13 Å². The van der Waals surface area contributed by atoms with Crippen molar-refractivity contribution in [3.8, 4) is 12.1 Å². The number of anilines is 2. The number of nitriles is 2. The number of carbonyl (C=O) groups excluding carboxylic acids is 1. The lowest BCUT2D eigenvalue weighted by atomic mass is 10.2. The highest BCUT2D eigenvalue weighted by atomic mass is 32.1. The van der Waals surface area contributed by atoms with Crippen LogP contribution in [0.4, 0.5) is 11.4 Å². The molecule has 2 fully saturated rings. The number of esters is 1.